The van der Waals surface area contributed by atoms with Crippen LogP contribution in [0.25, 0.3) is 0 Å². The van der Waals surface area contributed by atoms with E-state index < -0.39 is 0 Å². The van der Waals surface area contributed by atoms with E-state index in [0.717, 1.165) is 66.1 Å². The molecule has 2 aliphatic heterocycles. The summed E-state index contributed by atoms with van der Waals surface area (Å²) in [5.74, 6) is 2.16. The molecule has 0 unspecified atom stereocenters. The molecule has 3 heterocycles. The molecular formula is C32H31N3O5. The molecule has 0 spiro atoms. The van der Waals surface area contributed by atoms with Gasteiger partial charge in [0.2, 0.25) is 6.79 Å². The van der Waals surface area contributed by atoms with E-state index in [9.17, 15) is 4.79 Å². The summed E-state index contributed by atoms with van der Waals surface area (Å²) in [6.45, 7) is 4.60. The van der Waals surface area contributed by atoms with E-state index in [0.29, 0.717) is 25.3 Å². The number of fused-ring (bicyclic) bond motifs is 1. The van der Waals surface area contributed by atoms with Crippen molar-refractivity contribution in [2.45, 2.75) is 19.7 Å². The minimum atomic E-state index is -0.0501. The van der Waals surface area contributed by atoms with Crippen LogP contribution in [-0.2, 0) is 24.4 Å². The predicted molar refractivity (Wildman–Crippen MR) is 151 cm³/mol. The fraction of sp³-hybridized carbons (Fsp3) is 0.250. The molecule has 204 valence electrons. The Morgan fingerprint density at radius 2 is 1.70 bits per heavy atom. The van der Waals surface area contributed by atoms with E-state index >= 15 is 0 Å². The number of carbonyl (C=O) groups excluding carboxylic acids is 1. The van der Waals surface area contributed by atoms with Crippen LogP contribution in [0.4, 0.5) is 5.69 Å². The lowest BCUT2D eigenvalue weighted by Crippen LogP contribution is -2.36. The molecule has 0 aliphatic carbocycles. The largest absolute Gasteiger partial charge is 0.489 e. The maximum absolute atomic E-state index is 13.7. The van der Waals surface area contributed by atoms with Gasteiger partial charge in [-0.1, -0.05) is 24.3 Å². The lowest BCUT2D eigenvalue weighted by molar-refractivity contribution is 0.0727. The van der Waals surface area contributed by atoms with Crippen molar-refractivity contribution < 1.29 is 23.7 Å². The third-order valence-electron chi connectivity index (χ3n) is 6.97. The van der Waals surface area contributed by atoms with Gasteiger partial charge in [-0.3, -0.25) is 9.78 Å². The number of aromatic nitrogens is 1. The summed E-state index contributed by atoms with van der Waals surface area (Å²) < 4.78 is 22.4. The molecule has 0 saturated carbocycles. The average Bonchev–Trinajstić information content (AvgIpc) is 3.49. The normalized spacial score (nSPS) is 14.2. The van der Waals surface area contributed by atoms with E-state index in [1.165, 1.54) is 0 Å². The number of hydrogen-bond donors (Lipinski definition) is 0. The number of amides is 1. The Hall–Kier alpha value is -4.56. The third-order valence-corrected chi connectivity index (χ3v) is 6.97. The first-order valence-electron chi connectivity index (χ1n) is 13.4. The van der Waals surface area contributed by atoms with E-state index in [2.05, 4.69) is 9.88 Å². The van der Waals surface area contributed by atoms with Gasteiger partial charge < -0.3 is 28.7 Å². The number of nitrogens with zero attached hydrogens (tertiary/aromatic N) is 3. The molecule has 1 fully saturated rings. The van der Waals surface area contributed by atoms with Crippen LogP contribution in [0.15, 0.2) is 91.1 Å². The summed E-state index contributed by atoms with van der Waals surface area (Å²) in [6, 6.07) is 27.2. The molecule has 1 saturated heterocycles. The average molecular weight is 538 g/mol. The van der Waals surface area contributed by atoms with Crippen LogP contribution in [0.3, 0.4) is 0 Å². The van der Waals surface area contributed by atoms with Crippen molar-refractivity contribution in [3.8, 4) is 17.2 Å². The standard InChI is InChI=1S/C32H31N3O5/c36-32(26-8-10-28(11-9-26)34-14-16-37-17-15-34)35(21-27-5-1-2-13-33-27)20-24-4-3-6-29(18-24)38-22-25-7-12-30-31(19-25)40-23-39-30/h1-13,18-19H,14-17,20-23H2. The van der Waals surface area contributed by atoms with Gasteiger partial charge in [0.1, 0.15) is 12.4 Å². The van der Waals surface area contributed by atoms with Gasteiger partial charge in [-0.05, 0) is 71.8 Å². The fourth-order valence-corrected chi connectivity index (χ4v) is 4.86. The van der Waals surface area contributed by atoms with Crippen molar-refractivity contribution in [3.05, 3.63) is 114 Å². The van der Waals surface area contributed by atoms with Crippen LogP contribution in [0, 0.1) is 0 Å². The number of benzene rings is 3. The zero-order chi connectivity index (χ0) is 27.1. The summed E-state index contributed by atoms with van der Waals surface area (Å²) in [5.41, 5.74) is 4.53. The number of anilines is 1. The van der Waals surface area contributed by atoms with Gasteiger partial charge in [0, 0.05) is 37.1 Å². The van der Waals surface area contributed by atoms with Crippen LogP contribution in [-0.4, -0.2) is 48.9 Å². The Morgan fingerprint density at radius 1 is 0.850 bits per heavy atom. The Bertz CT molecular complexity index is 1440. The van der Waals surface area contributed by atoms with Gasteiger partial charge in [0.15, 0.2) is 11.5 Å². The summed E-state index contributed by atoms with van der Waals surface area (Å²) in [7, 11) is 0. The topological polar surface area (TPSA) is 73.4 Å². The molecular weight excluding hydrogens is 506 g/mol. The molecule has 8 heteroatoms. The van der Waals surface area contributed by atoms with Crippen molar-refractivity contribution in [1.29, 1.82) is 0 Å². The van der Waals surface area contributed by atoms with Gasteiger partial charge >= 0.3 is 0 Å². The molecule has 2 aliphatic rings. The predicted octanol–water partition coefficient (Wildman–Crippen LogP) is 5.07. The maximum atomic E-state index is 13.7. The van der Waals surface area contributed by atoms with E-state index in [-0.39, 0.29) is 12.7 Å². The number of hydrogen-bond acceptors (Lipinski definition) is 7. The molecule has 0 bridgehead atoms. The minimum absolute atomic E-state index is 0.0501. The second-order valence-electron chi connectivity index (χ2n) is 9.75. The first-order chi connectivity index (χ1) is 19.7. The Morgan fingerprint density at radius 3 is 2.52 bits per heavy atom. The van der Waals surface area contributed by atoms with Crippen molar-refractivity contribution in [2.24, 2.45) is 0 Å². The van der Waals surface area contributed by atoms with Crippen molar-refractivity contribution >= 4 is 11.6 Å². The maximum Gasteiger partial charge on any atom is 0.254 e. The number of morpholine rings is 1. The minimum Gasteiger partial charge on any atom is -0.489 e. The fourth-order valence-electron chi connectivity index (χ4n) is 4.86. The van der Waals surface area contributed by atoms with E-state index in [1.807, 2.05) is 89.8 Å². The first kappa shape index (κ1) is 25.7. The summed E-state index contributed by atoms with van der Waals surface area (Å²) in [4.78, 5) is 22.3. The summed E-state index contributed by atoms with van der Waals surface area (Å²) in [6.07, 6.45) is 1.75. The SMILES string of the molecule is O=C(c1ccc(N2CCOCC2)cc1)N(Cc1cccc(OCc2ccc3c(c2)OCO3)c1)Cc1ccccn1. The molecule has 0 radical (unpaired) electrons. The van der Waals surface area contributed by atoms with E-state index in [4.69, 9.17) is 18.9 Å². The summed E-state index contributed by atoms with van der Waals surface area (Å²) >= 11 is 0. The highest BCUT2D eigenvalue weighted by atomic mass is 16.7. The van der Waals surface area contributed by atoms with Gasteiger partial charge in [-0.25, -0.2) is 0 Å². The van der Waals surface area contributed by atoms with Gasteiger partial charge in [-0.2, -0.15) is 0 Å². The Kier molecular flexibility index (Phi) is 7.77. The van der Waals surface area contributed by atoms with Crippen LogP contribution in [0.5, 0.6) is 17.2 Å². The number of pyridine rings is 1. The first-order valence-corrected chi connectivity index (χ1v) is 13.4. The number of rotatable bonds is 9. The lowest BCUT2D eigenvalue weighted by Gasteiger charge is -2.29. The zero-order valence-electron chi connectivity index (χ0n) is 22.2. The van der Waals surface area contributed by atoms with Gasteiger partial charge in [0.05, 0.1) is 25.5 Å². The van der Waals surface area contributed by atoms with Crippen molar-refractivity contribution in [2.75, 3.05) is 38.0 Å². The molecule has 0 atom stereocenters. The molecule has 0 N–H and O–H groups in total. The van der Waals surface area contributed by atoms with Crippen LogP contribution < -0.4 is 19.1 Å². The number of ether oxygens (including phenoxy) is 4. The van der Waals surface area contributed by atoms with Crippen LogP contribution >= 0.6 is 0 Å². The highest BCUT2D eigenvalue weighted by Gasteiger charge is 2.19. The Labute approximate surface area is 233 Å². The van der Waals surface area contributed by atoms with E-state index in [1.54, 1.807) is 6.20 Å². The van der Waals surface area contributed by atoms with Gasteiger partial charge in [0.25, 0.3) is 5.91 Å². The quantitative estimate of drug-likeness (QED) is 0.295. The summed E-state index contributed by atoms with van der Waals surface area (Å²) in [5, 5.41) is 0. The molecule has 1 aromatic heterocycles. The molecule has 6 rings (SSSR count). The van der Waals surface area contributed by atoms with Gasteiger partial charge in [-0.15, -0.1) is 0 Å². The van der Waals surface area contributed by atoms with Crippen LogP contribution in [0.1, 0.15) is 27.2 Å². The lowest BCUT2D eigenvalue weighted by atomic mass is 10.1. The zero-order valence-corrected chi connectivity index (χ0v) is 22.2. The molecule has 40 heavy (non-hydrogen) atoms. The second kappa shape index (κ2) is 12.1. The monoisotopic (exact) mass is 537 g/mol. The smallest absolute Gasteiger partial charge is 0.254 e. The Balaban J connectivity index is 1.16. The third kappa shape index (κ3) is 6.18. The number of carbonyl (C=O) groups is 1. The second-order valence-corrected chi connectivity index (χ2v) is 9.75. The van der Waals surface area contributed by atoms with Crippen LogP contribution in [0.2, 0.25) is 0 Å². The highest BCUT2D eigenvalue weighted by molar-refractivity contribution is 5.94. The molecule has 8 nitrogen and oxygen atoms in total. The molecule has 3 aromatic carbocycles. The van der Waals surface area contributed by atoms with Crippen molar-refractivity contribution in [3.63, 3.8) is 0 Å². The highest BCUT2D eigenvalue weighted by Crippen LogP contribution is 2.33. The molecule has 1 amide bonds. The molecule has 4 aromatic rings. The van der Waals surface area contributed by atoms with Crippen molar-refractivity contribution in [1.82, 2.24) is 9.88 Å².